The molecule has 11 heteroatoms. The van der Waals surface area contributed by atoms with Gasteiger partial charge in [-0.05, 0) is 37.5 Å². The average Bonchev–Trinajstić information content (AvgIpc) is 3.30. The molecule has 1 unspecified atom stereocenters. The molecule has 4 heterocycles. The summed E-state index contributed by atoms with van der Waals surface area (Å²) in [6.45, 7) is 1.94. The molecule has 1 aliphatic rings. The van der Waals surface area contributed by atoms with Gasteiger partial charge in [-0.2, -0.15) is 14.6 Å². The number of aliphatic hydroxyl groups is 1. The van der Waals surface area contributed by atoms with Crippen molar-refractivity contribution in [2.24, 2.45) is 0 Å². The molecule has 5 aromatic rings. The molecular formula is C23H22N8O3. The number of nitrogen functional groups attached to an aromatic ring is 1. The van der Waals surface area contributed by atoms with Gasteiger partial charge in [-0.15, -0.1) is 5.10 Å². The lowest BCUT2D eigenvalue weighted by molar-refractivity contribution is -0.128. The number of carbonyl (C=O) groups excluding carboxylic acids is 1. The van der Waals surface area contributed by atoms with E-state index < -0.39 is 11.1 Å². The predicted octanol–water partition coefficient (Wildman–Crippen LogP) is 1.72. The van der Waals surface area contributed by atoms with Crippen molar-refractivity contribution in [1.82, 2.24) is 34.7 Å². The highest BCUT2D eigenvalue weighted by molar-refractivity contribution is 5.94. The smallest absolute Gasteiger partial charge is 0.252 e. The number of nitrogens with two attached hydrogens (primary N) is 1. The third-order valence-corrected chi connectivity index (χ3v) is 6.38. The fraction of sp³-hybridized carbons (Fsp3) is 0.261. The molecule has 1 aliphatic carbocycles. The minimum absolute atomic E-state index is 0.0951. The summed E-state index contributed by atoms with van der Waals surface area (Å²) in [4.78, 5) is 22.7. The molecule has 0 bridgehead atoms. The van der Waals surface area contributed by atoms with Crippen LogP contribution in [-0.4, -0.2) is 52.5 Å². The molecule has 1 aromatic carbocycles. The maximum atomic E-state index is 13.6. The van der Waals surface area contributed by atoms with Crippen LogP contribution in [0.1, 0.15) is 25.3 Å². The van der Waals surface area contributed by atoms with Crippen molar-refractivity contribution in [3.63, 3.8) is 0 Å². The van der Waals surface area contributed by atoms with Gasteiger partial charge in [0.05, 0.1) is 23.4 Å². The van der Waals surface area contributed by atoms with Crippen molar-refractivity contribution in [1.29, 1.82) is 0 Å². The van der Waals surface area contributed by atoms with Crippen LogP contribution in [0.4, 0.5) is 5.95 Å². The number of nitrogens with one attached hydrogen (secondary N) is 1. The number of anilines is 1. The predicted molar refractivity (Wildman–Crippen MR) is 123 cm³/mol. The van der Waals surface area contributed by atoms with Crippen molar-refractivity contribution in [3.8, 4) is 11.6 Å². The van der Waals surface area contributed by atoms with Crippen LogP contribution in [0.25, 0.3) is 28.3 Å². The Kier molecular flexibility index (Phi) is 4.27. The van der Waals surface area contributed by atoms with E-state index in [0.29, 0.717) is 46.7 Å². The van der Waals surface area contributed by atoms with Crippen molar-refractivity contribution in [3.05, 3.63) is 60.5 Å². The third kappa shape index (κ3) is 3.05. The Balaban J connectivity index is 1.52. The monoisotopic (exact) mass is 458 g/mol. The van der Waals surface area contributed by atoms with Crippen LogP contribution >= 0.6 is 0 Å². The van der Waals surface area contributed by atoms with Gasteiger partial charge in [-0.25, -0.2) is 9.67 Å². The van der Waals surface area contributed by atoms with Gasteiger partial charge in [0.1, 0.15) is 0 Å². The standard InChI is InChI=1S/C23H22N8O3/c1-22(14-6-3-2-4-7-14,20(32)25-13-23(33)9-10-23)31-19-15(12-26-31)18-27-17(16-8-5-11-34-16)29-30(18)21(24)28-19/h2-8,11-12,33H,9-10,13H2,1H3,(H2,24,28)(H,25,32). The molecule has 11 nitrogen and oxygen atoms in total. The highest BCUT2D eigenvalue weighted by Crippen LogP contribution is 2.35. The molecule has 1 fully saturated rings. The zero-order valence-electron chi connectivity index (χ0n) is 18.3. The summed E-state index contributed by atoms with van der Waals surface area (Å²) in [5.41, 5.74) is 5.68. The Labute approximate surface area is 193 Å². The van der Waals surface area contributed by atoms with E-state index in [-0.39, 0.29) is 18.4 Å². The van der Waals surface area contributed by atoms with Gasteiger partial charge in [0.25, 0.3) is 5.91 Å². The normalized spacial score (nSPS) is 16.5. The van der Waals surface area contributed by atoms with E-state index in [1.807, 2.05) is 30.3 Å². The Hall–Kier alpha value is -4.25. The molecule has 34 heavy (non-hydrogen) atoms. The number of hydrogen-bond acceptors (Lipinski definition) is 8. The van der Waals surface area contributed by atoms with E-state index in [9.17, 15) is 9.90 Å². The third-order valence-electron chi connectivity index (χ3n) is 6.38. The molecule has 1 amide bonds. The number of rotatable bonds is 6. The summed E-state index contributed by atoms with van der Waals surface area (Å²) < 4.78 is 8.38. The molecule has 0 spiro atoms. The molecule has 4 aromatic heterocycles. The van der Waals surface area contributed by atoms with Crippen molar-refractivity contribution >= 4 is 28.5 Å². The Morgan fingerprint density at radius 2 is 2.00 bits per heavy atom. The number of benzene rings is 1. The number of fused-ring (bicyclic) bond motifs is 3. The summed E-state index contributed by atoms with van der Waals surface area (Å²) in [7, 11) is 0. The van der Waals surface area contributed by atoms with Crippen molar-refractivity contribution in [2.45, 2.75) is 30.9 Å². The maximum Gasteiger partial charge on any atom is 0.252 e. The zero-order valence-corrected chi connectivity index (χ0v) is 18.3. The van der Waals surface area contributed by atoms with Crippen LogP contribution in [0, 0.1) is 0 Å². The summed E-state index contributed by atoms with van der Waals surface area (Å²) in [6.07, 6.45) is 4.47. The second-order valence-corrected chi connectivity index (χ2v) is 8.76. The SMILES string of the molecule is CC(C(=O)NCC1(O)CC1)(c1ccccc1)n1ncc2c1nc(N)n1nc(-c3ccco3)nc21. The van der Waals surface area contributed by atoms with Crippen LogP contribution in [0.5, 0.6) is 0 Å². The van der Waals surface area contributed by atoms with Crippen molar-refractivity contribution < 1.29 is 14.3 Å². The fourth-order valence-electron chi connectivity index (χ4n) is 4.10. The number of hydrogen-bond donors (Lipinski definition) is 3. The van der Waals surface area contributed by atoms with Crippen LogP contribution in [0.3, 0.4) is 0 Å². The lowest BCUT2D eigenvalue weighted by atomic mass is 9.91. The van der Waals surface area contributed by atoms with Crippen LogP contribution in [0.15, 0.2) is 59.3 Å². The quantitative estimate of drug-likeness (QED) is 0.348. The molecule has 172 valence electrons. The number of carbonyl (C=O) groups is 1. The number of furan rings is 1. The van der Waals surface area contributed by atoms with Gasteiger partial charge >= 0.3 is 0 Å². The lowest BCUT2D eigenvalue weighted by Crippen LogP contribution is -2.50. The summed E-state index contributed by atoms with van der Waals surface area (Å²) in [6, 6.07) is 12.8. The van der Waals surface area contributed by atoms with Crippen LogP contribution in [-0.2, 0) is 10.3 Å². The van der Waals surface area contributed by atoms with E-state index in [1.54, 1.807) is 29.9 Å². The number of amides is 1. The minimum Gasteiger partial charge on any atom is -0.461 e. The second kappa shape index (κ2) is 7.12. The van der Waals surface area contributed by atoms with Gasteiger partial charge in [0.15, 0.2) is 22.6 Å². The molecule has 0 saturated heterocycles. The molecule has 1 atom stereocenters. The zero-order chi connectivity index (χ0) is 23.5. The Morgan fingerprint density at radius 1 is 1.21 bits per heavy atom. The van der Waals surface area contributed by atoms with Gasteiger partial charge in [-0.1, -0.05) is 30.3 Å². The molecule has 6 rings (SSSR count). The molecule has 1 saturated carbocycles. The highest BCUT2D eigenvalue weighted by Gasteiger charge is 2.44. The molecular weight excluding hydrogens is 436 g/mol. The van der Waals surface area contributed by atoms with Crippen molar-refractivity contribution in [2.75, 3.05) is 12.3 Å². The summed E-state index contributed by atoms with van der Waals surface area (Å²) in [5, 5.41) is 22.7. The van der Waals surface area contributed by atoms with E-state index >= 15 is 0 Å². The highest BCUT2D eigenvalue weighted by atomic mass is 16.3. The summed E-state index contributed by atoms with van der Waals surface area (Å²) in [5.74, 6) is 0.634. The van der Waals surface area contributed by atoms with Gasteiger partial charge in [0.2, 0.25) is 11.8 Å². The Morgan fingerprint density at radius 3 is 2.71 bits per heavy atom. The van der Waals surface area contributed by atoms with E-state index in [2.05, 4.69) is 25.5 Å². The average molecular weight is 458 g/mol. The first-order valence-corrected chi connectivity index (χ1v) is 10.9. The van der Waals surface area contributed by atoms with E-state index in [1.165, 1.54) is 10.8 Å². The van der Waals surface area contributed by atoms with Gasteiger partial charge in [-0.3, -0.25) is 4.79 Å². The largest absolute Gasteiger partial charge is 0.461 e. The van der Waals surface area contributed by atoms with E-state index in [0.717, 1.165) is 0 Å². The number of nitrogens with zero attached hydrogens (tertiary/aromatic N) is 6. The first-order chi connectivity index (χ1) is 16.4. The van der Waals surface area contributed by atoms with Crippen LogP contribution < -0.4 is 11.1 Å². The lowest BCUT2D eigenvalue weighted by Gasteiger charge is -2.30. The maximum absolute atomic E-state index is 13.6. The first-order valence-electron chi connectivity index (χ1n) is 10.9. The van der Waals surface area contributed by atoms with E-state index in [4.69, 9.17) is 10.2 Å². The van der Waals surface area contributed by atoms with Crippen LogP contribution in [0.2, 0.25) is 0 Å². The van der Waals surface area contributed by atoms with Gasteiger partial charge in [0, 0.05) is 6.54 Å². The first kappa shape index (κ1) is 20.4. The Bertz CT molecular complexity index is 1520. The number of aromatic nitrogens is 6. The topological polar surface area (TPSA) is 149 Å². The second-order valence-electron chi connectivity index (χ2n) is 8.76. The fourth-order valence-corrected chi connectivity index (χ4v) is 4.10. The minimum atomic E-state index is -1.27. The molecule has 0 radical (unpaired) electrons. The summed E-state index contributed by atoms with van der Waals surface area (Å²) >= 11 is 0. The molecule has 0 aliphatic heterocycles. The van der Waals surface area contributed by atoms with Gasteiger partial charge < -0.3 is 20.6 Å². The molecule has 4 N–H and O–H groups in total.